The summed E-state index contributed by atoms with van der Waals surface area (Å²) in [4.78, 5) is 49.6. The van der Waals surface area contributed by atoms with Crippen molar-refractivity contribution in [2.45, 2.75) is 49.5 Å². The lowest BCUT2D eigenvalue weighted by Gasteiger charge is -2.40. The number of halogens is 1. The second-order valence-corrected chi connectivity index (χ2v) is 12.9. The maximum absolute atomic E-state index is 15.1. The van der Waals surface area contributed by atoms with E-state index in [9.17, 15) is 9.90 Å². The van der Waals surface area contributed by atoms with E-state index in [1.54, 1.807) is 41.3 Å². The van der Waals surface area contributed by atoms with E-state index in [-0.39, 0.29) is 24.9 Å². The van der Waals surface area contributed by atoms with E-state index < -0.39 is 47.6 Å². The summed E-state index contributed by atoms with van der Waals surface area (Å²) in [6.45, 7) is 9.68. The van der Waals surface area contributed by atoms with Gasteiger partial charge in [0, 0.05) is 18.8 Å². The number of nitrogens with zero attached hydrogens (tertiary/aromatic N) is 3. The van der Waals surface area contributed by atoms with Crippen molar-refractivity contribution in [2.75, 3.05) is 29.5 Å². The summed E-state index contributed by atoms with van der Waals surface area (Å²) in [5.41, 5.74) is -0.442. The van der Waals surface area contributed by atoms with Crippen LogP contribution in [0.1, 0.15) is 37.8 Å². The van der Waals surface area contributed by atoms with Gasteiger partial charge in [-0.1, -0.05) is 91.3 Å². The Labute approximate surface area is 280 Å². The molecule has 6 rings (SSSR count). The summed E-state index contributed by atoms with van der Waals surface area (Å²) in [5, 5.41) is 11.3. The molecule has 1 spiro atoms. The van der Waals surface area contributed by atoms with E-state index in [4.69, 9.17) is 16.3 Å². The summed E-state index contributed by atoms with van der Waals surface area (Å²) in [5.74, 6) is -2.86. The van der Waals surface area contributed by atoms with Crippen molar-refractivity contribution < 1.29 is 24.2 Å². The molecule has 0 aromatic heterocycles. The van der Waals surface area contributed by atoms with Gasteiger partial charge in [-0.05, 0) is 49.1 Å². The van der Waals surface area contributed by atoms with E-state index in [1.807, 2.05) is 67.6 Å². The average molecular weight is 654 g/mol. The van der Waals surface area contributed by atoms with Gasteiger partial charge in [0.1, 0.15) is 11.6 Å². The average Bonchev–Trinajstić information content (AvgIpc) is 3.71. The van der Waals surface area contributed by atoms with Gasteiger partial charge in [0.05, 0.1) is 40.8 Å². The van der Waals surface area contributed by atoms with E-state index in [1.165, 1.54) is 9.80 Å². The van der Waals surface area contributed by atoms with Crippen LogP contribution in [0.2, 0.25) is 5.02 Å². The predicted octanol–water partition coefficient (Wildman–Crippen LogP) is 5.97. The molecule has 47 heavy (non-hydrogen) atoms. The molecule has 3 aromatic rings. The number of anilines is 2. The van der Waals surface area contributed by atoms with Crippen LogP contribution < -0.4 is 9.80 Å². The molecule has 2 bridgehead atoms. The SMILES string of the molecule is C=CCN(C(=O)[C@@H]1[C@H]2C(=O)N([C@H](CO)c3ccccc3)C(C(=O)N(CC=C)c3ccccc3Cl)C23CC[C@@]1(CC)O3)c1ccccc1. The third-order valence-electron chi connectivity index (χ3n) is 10.2. The fourth-order valence-electron chi connectivity index (χ4n) is 8.16. The Morgan fingerprint density at radius 2 is 1.57 bits per heavy atom. The number of hydrogen-bond donors (Lipinski definition) is 1. The zero-order valence-electron chi connectivity index (χ0n) is 26.5. The molecule has 6 atom stereocenters. The number of likely N-dealkylation sites (tertiary alicyclic amines) is 1. The van der Waals surface area contributed by atoms with Crippen LogP contribution in [0.3, 0.4) is 0 Å². The van der Waals surface area contributed by atoms with Gasteiger partial charge in [-0.25, -0.2) is 0 Å². The second-order valence-electron chi connectivity index (χ2n) is 12.4. The molecule has 3 amide bonds. The third-order valence-corrected chi connectivity index (χ3v) is 10.5. The Morgan fingerprint density at radius 3 is 2.19 bits per heavy atom. The lowest BCUT2D eigenvalue weighted by atomic mass is 9.64. The van der Waals surface area contributed by atoms with Crippen LogP contribution in [-0.4, -0.2) is 64.7 Å². The predicted molar refractivity (Wildman–Crippen MR) is 183 cm³/mol. The van der Waals surface area contributed by atoms with Gasteiger partial charge in [-0.15, -0.1) is 13.2 Å². The van der Waals surface area contributed by atoms with Crippen molar-refractivity contribution >= 4 is 40.7 Å². The molecule has 3 aliphatic heterocycles. The van der Waals surface area contributed by atoms with Crippen LogP contribution in [0, 0.1) is 11.8 Å². The van der Waals surface area contributed by atoms with Gasteiger partial charge in [0.25, 0.3) is 5.91 Å². The highest BCUT2D eigenvalue weighted by atomic mass is 35.5. The Hall–Kier alpha value is -4.24. The molecular weight excluding hydrogens is 614 g/mol. The Kier molecular flexibility index (Phi) is 9.12. The maximum Gasteiger partial charge on any atom is 0.253 e. The molecule has 9 heteroatoms. The van der Waals surface area contributed by atoms with Gasteiger partial charge >= 0.3 is 0 Å². The zero-order valence-corrected chi connectivity index (χ0v) is 27.3. The quantitative estimate of drug-likeness (QED) is 0.244. The molecule has 3 saturated heterocycles. The van der Waals surface area contributed by atoms with E-state index >= 15 is 9.59 Å². The monoisotopic (exact) mass is 653 g/mol. The summed E-state index contributed by atoms with van der Waals surface area (Å²) in [6, 6.07) is 23.5. The molecule has 3 aliphatic rings. The number of amides is 3. The number of hydrogen-bond acceptors (Lipinski definition) is 5. The minimum Gasteiger partial charge on any atom is -0.394 e. The van der Waals surface area contributed by atoms with Gasteiger partial charge in [-0.2, -0.15) is 0 Å². The molecule has 3 heterocycles. The first-order chi connectivity index (χ1) is 22.8. The summed E-state index contributed by atoms with van der Waals surface area (Å²) < 4.78 is 7.05. The molecule has 2 unspecified atom stereocenters. The van der Waals surface area contributed by atoms with Crippen LogP contribution >= 0.6 is 11.6 Å². The summed E-state index contributed by atoms with van der Waals surface area (Å²) >= 11 is 6.64. The first-order valence-electron chi connectivity index (χ1n) is 16.1. The number of fused-ring (bicyclic) bond motifs is 1. The van der Waals surface area contributed by atoms with E-state index in [2.05, 4.69) is 13.2 Å². The molecule has 0 saturated carbocycles. The maximum atomic E-state index is 15.1. The van der Waals surface area contributed by atoms with Gasteiger partial charge in [-0.3, -0.25) is 14.4 Å². The minimum absolute atomic E-state index is 0.124. The number of carbonyl (C=O) groups is 3. The Morgan fingerprint density at radius 1 is 0.957 bits per heavy atom. The van der Waals surface area contributed by atoms with Crippen LogP contribution in [-0.2, 0) is 19.1 Å². The van der Waals surface area contributed by atoms with Gasteiger partial charge < -0.3 is 24.5 Å². The van der Waals surface area contributed by atoms with Crippen molar-refractivity contribution in [1.29, 1.82) is 0 Å². The van der Waals surface area contributed by atoms with Crippen LogP contribution in [0.15, 0.2) is 110 Å². The lowest BCUT2D eigenvalue weighted by Crippen LogP contribution is -2.57. The molecule has 244 valence electrons. The largest absolute Gasteiger partial charge is 0.394 e. The number of rotatable bonds is 12. The number of para-hydroxylation sites is 2. The number of aliphatic hydroxyl groups excluding tert-OH is 1. The van der Waals surface area contributed by atoms with E-state index in [0.717, 1.165) is 0 Å². The zero-order chi connectivity index (χ0) is 33.3. The van der Waals surface area contributed by atoms with E-state index in [0.29, 0.717) is 41.2 Å². The minimum atomic E-state index is -1.32. The number of ether oxygens (including phenoxy) is 1. The van der Waals surface area contributed by atoms with Crippen molar-refractivity contribution in [3.8, 4) is 0 Å². The van der Waals surface area contributed by atoms with Gasteiger partial charge in [0.2, 0.25) is 11.8 Å². The molecule has 8 nitrogen and oxygen atoms in total. The molecular formula is C38H40ClN3O5. The third kappa shape index (κ3) is 5.19. The fourth-order valence-corrected chi connectivity index (χ4v) is 8.40. The Balaban J connectivity index is 1.53. The number of carbonyl (C=O) groups excluding carboxylic acids is 3. The topological polar surface area (TPSA) is 90.4 Å². The molecule has 3 aromatic carbocycles. The first kappa shape index (κ1) is 32.7. The highest BCUT2D eigenvalue weighted by molar-refractivity contribution is 6.34. The van der Waals surface area contributed by atoms with Crippen molar-refractivity contribution in [2.24, 2.45) is 11.8 Å². The molecule has 0 radical (unpaired) electrons. The molecule has 0 aliphatic carbocycles. The number of aliphatic hydroxyl groups is 1. The molecule has 3 fully saturated rings. The van der Waals surface area contributed by atoms with Crippen LogP contribution in [0.4, 0.5) is 11.4 Å². The van der Waals surface area contributed by atoms with Crippen molar-refractivity contribution in [3.63, 3.8) is 0 Å². The molecule has 1 N–H and O–H groups in total. The smallest absolute Gasteiger partial charge is 0.253 e. The Bertz CT molecular complexity index is 1670. The van der Waals surface area contributed by atoms with Crippen molar-refractivity contribution in [3.05, 3.63) is 121 Å². The van der Waals surface area contributed by atoms with Crippen LogP contribution in [0.5, 0.6) is 0 Å². The van der Waals surface area contributed by atoms with Crippen molar-refractivity contribution in [1.82, 2.24) is 4.90 Å². The normalized spacial score (nSPS) is 26.5. The lowest BCUT2D eigenvalue weighted by molar-refractivity contribution is -0.149. The number of benzene rings is 3. The second kappa shape index (κ2) is 13.1. The summed E-state index contributed by atoms with van der Waals surface area (Å²) in [7, 11) is 0. The van der Waals surface area contributed by atoms with Gasteiger partial charge in [0.15, 0.2) is 0 Å². The highest BCUT2D eigenvalue weighted by Gasteiger charge is 2.79. The highest BCUT2D eigenvalue weighted by Crippen LogP contribution is 2.65. The first-order valence-corrected chi connectivity index (χ1v) is 16.5. The van der Waals surface area contributed by atoms with Crippen LogP contribution in [0.25, 0.3) is 0 Å². The standard InChI is InChI=1S/C38H40ClN3O5/c1-4-23-40(27-17-11-8-12-18-27)34(44)31-32-35(45)42(30(25-43)26-15-9-7-10-16-26)33(38(32)22-21-37(31,6-3)47-38)36(46)41(24-5-2)29-20-14-13-19-28(29)39/h4-5,7-20,30-33,43H,1-2,6,21-25H2,3H3/t30-,31+,32+,33?,37-,38?/m1/s1. The fraction of sp³-hybridized carbons (Fsp3) is 0.342. The summed E-state index contributed by atoms with van der Waals surface area (Å²) in [6.07, 6.45) is 4.66.